The molecule has 3 aromatic rings. The van der Waals surface area contributed by atoms with Gasteiger partial charge in [0.15, 0.2) is 4.96 Å². The van der Waals surface area contributed by atoms with E-state index in [1.807, 2.05) is 0 Å². The smallest absolute Gasteiger partial charge is 0.278 e. The van der Waals surface area contributed by atoms with Gasteiger partial charge in [0.05, 0.1) is 22.4 Å². The zero-order chi connectivity index (χ0) is 11.8. The lowest BCUT2D eigenvalue weighted by Crippen LogP contribution is -1.91. The van der Waals surface area contributed by atoms with E-state index in [1.54, 1.807) is 34.2 Å². The second kappa shape index (κ2) is 3.67. The molecule has 0 unspecified atom stereocenters. The van der Waals surface area contributed by atoms with Crippen molar-refractivity contribution >= 4 is 22.0 Å². The van der Waals surface area contributed by atoms with Crippen LogP contribution in [0.15, 0.2) is 35.8 Å². The monoisotopic (exact) mass is 244 g/mol. The summed E-state index contributed by atoms with van der Waals surface area (Å²) in [4.78, 5) is 15.6. The normalized spacial score (nSPS) is 10.8. The molecule has 0 saturated heterocycles. The number of rotatable bonds is 2. The highest BCUT2D eigenvalue weighted by Crippen LogP contribution is 2.29. The van der Waals surface area contributed by atoms with E-state index in [1.165, 1.54) is 17.4 Å². The number of imidazole rings is 1. The minimum Gasteiger partial charge on any atom is -0.288 e. The first-order valence-electron chi connectivity index (χ1n) is 4.84. The fraction of sp³-hybridized carbons (Fsp3) is 0. The number of hydrogen-bond acceptors (Lipinski definition) is 4. The number of nitro benzene ring substituents is 1. The Morgan fingerprint density at radius 3 is 3.00 bits per heavy atom. The molecular weight excluding hydrogens is 238 g/mol. The summed E-state index contributed by atoms with van der Waals surface area (Å²) in [5.74, 6) is 0. The maximum Gasteiger partial charge on any atom is 0.278 e. The molecule has 3 rings (SSSR count). The highest BCUT2D eigenvalue weighted by Gasteiger charge is 2.16. The minimum absolute atomic E-state index is 0.0678. The number of thiazole rings is 1. The van der Waals surface area contributed by atoms with Crippen molar-refractivity contribution in [1.82, 2.24) is 9.38 Å². The van der Waals surface area contributed by atoms with Gasteiger partial charge < -0.3 is 0 Å². The van der Waals surface area contributed by atoms with Gasteiger partial charge in [-0.05, 0) is 6.07 Å². The van der Waals surface area contributed by atoms with Crippen molar-refractivity contribution < 1.29 is 4.92 Å². The van der Waals surface area contributed by atoms with Crippen molar-refractivity contribution in [3.05, 3.63) is 52.2 Å². The molecule has 0 atom stereocenters. The highest BCUT2D eigenvalue weighted by atomic mass is 32.1. The topological polar surface area (TPSA) is 60.4 Å². The van der Waals surface area contributed by atoms with E-state index < -0.39 is 4.92 Å². The molecule has 0 fully saturated rings. The van der Waals surface area contributed by atoms with Crippen molar-refractivity contribution in [2.75, 3.05) is 0 Å². The van der Waals surface area contributed by atoms with E-state index in [9.17, 15) is 10.1 Å². The fourth-order valence-corrected chi connectivity index (χ4v) is 2.30. The molecule has 17 heavy (non-hydrogen) atoms. The van der Waals surface area contributed by atoms with Crippen LogP contribution in [0.3, 0.4) is 0 Å². The van der Waals surface area contributed by atoms with Crippen LogP contribution in [0.2, 0.25) is 0 Å². The Balaban J connectivity index is 2.21. The summed E-state index contributed by atoms with van der Waals surface area (Å²) in [7, 11) is 0. The second-order valence-corrected chi connectivity index (χ2v) is 4.25. The molecule has 0 aliphatic heterocycles. The van der Waals surface area contributed by atoms with Gasteiger partial charge in [-0.1, -0.05) is 12.1 Å². The number of benzene rings is 1. The molecule has 0 N–H and O–H groups in total. The van der Waals surface area contributed by atoms with Gasteiger partial charge in [-0.15, -0.1) is 11.3 Å². The zero-order valence-electron chi connectivity index (χ0n) is 8.53. The molecule has 0 amide bonds. The first-order chi connectivity index (χ1) is 8.25. The number of nitrogens with zero attached hydrogens (tertiary/aromatic N) is 3. The SMILES string of the molecule is O=[N+]([O-])c1ccccc1-c1cn2[c]csc2n1. The number of aromatic nitrogens is 2. The van der Waals surface area contributed by atoms with Crippen LogP contribution >= 0.6 is 11.3 Å². The van der Waals surface area contributed by atoms with Crippen LogP contribution in [-0.2, 0) is 0 Å². The van der Waals surface area contributed by atoms with Crippen LogP contribution in [0, 0.1) is 16.3 Å². The molecule has 5 nitrogen and oxygen atoms in total. The molecule has 2 aromatic heterocycles. The Bertz CT molecular complexity index is 673. The number of para-hydroxylation sites is 1. The van der Waals surface area contributed by atoms with Gasteiger partial charge in [-0.3, -0.25) is 14.5 Å². The van der Waals surface area contributed by atoms with E-state index in [-0.39, 0.29) is 5.69 Å². The summed E-state index contributed by atoms with van der Waals surface area (Å²) in [6.07, 6.45) is 4.71. The summed E-state index contributed by atoms with van der Waals surface area (Å²) in [5.41, 5.74) is 1.19. The summed E-state index contributed by atoms with van der Waals surface area (Å²) < 4.78 is 1.73. The van der Waals surface area contributed by atoms with Gasteiger partial charge in [0.1, 0.15) is 0 Å². The quantitative estimate of drug-likeness (QED) is 0.514. The van der Waals surface area contributed by atoms with Crippen LogP contribution in [0.1, 0.15) is 0 Å². The molecule has 2 heterocycles. The van der Waals surface area contributed by atoms with Crippen molar-refractivity contribution in [3.8, 4) is 11.3 Å². The third kappa shape index (κ3) is 1.58. The van der Waals surface area contributed by atoms with Gasteiger partial charge in [0.2, 0.25) is 0 Å². The van der Waals surface area contributed by atoms with Gasteiger partial charge in [-0.2, -0.15) is 0 Å². The average Bonchev–Trinajstić information content (AvgIpc) is 2.88. The number of fused-ring (bicyclic) bond motifs is 1. The first-order valence-corrected chi connectivity index (χ1v) is 5.72. The molecule has 1 radical (unpaired) electrons. The summed E-state index contributed by atoms with van der Waals surface area (Å²) in [6.45, 7) is 0. The van der Waals surface area contributed by atoms with Crippen LogP contribution in [0.5, 0.6) is 0 Å². The maximum absolute atomic E-state index is 10.9. The van der Waals surface area contributed by atoms with Crippen LogP contribution in [0.4, 0.5) is 5.69 Å². The molecular formula is C11H6N3O2S. The lowest BCUT2D eigenvalue weighted by Gasteiger charge is -1.97. The van der Waals surface area contributed by atoms with Gasteiger partial charge in [0.25, 0.3) is 5.69 Å². The molecule has 0 aliphatic rings. The molecule has 0 bridgehead atoms. The van der Waals surface area contributed by atoms with Crippen molar-refractivity contribution in [2.24, 2.45) is 0 Å². The Labute approximate surface area is 100 Å². The maximum atomic E-state index is 10.9. The number of nitro groups is 1. The lowest BCUT2D eigenvalue weighted by atomic mass is 10.1. The Morgan fingerprint density at radius 1 is 1.41 bits per heavy atom. The van der Waals surface area contributed by atoms with Crippen molar-refractivity contribution in [2.45, 2.75) is 0 Å². The Morgan fingerprint density at radius 2 is 2.24 bits per heavy atom. The largest absolute Gasteiger partial charge is 0.288 e. The molecule has 1 aromatic carbocycles. The zero-order valence-corrected chi connectivity index (χ0v) is 9.35. The highest BCUT2D eigenvalue weighted by molar-refractivity contribution is 7.15. The third-order valence-electron chi connectivity index (χ3n) is 2.41. The van der Waals surface area contributed by atoms with E-state index in [2.05, 4.69) is 11.2 Å². The second-order valence-electron chi connectivity index (χ2n) is 3.42. The van der Waals surface area contributed by atoms with E-state index in [0.29, 0.717) is 11.3 Å². The standard InChI is InChI=1S/C11H6N3O2S/c15-14(16)10-4-2-1-3-8(10)9-7-13-5-6-17-11(13)12-9/h1-4,6-7H. The van der Waals surface area contributed by atoms with E-state index >= 15 is 0 Å². The number of hydrogen-bond donors (Lipinski definition) is 0. The van der Waals surface area contributed by atoms with Crippen LogP contribution in [0.25, 0.3) is 16.2 Å². The Kier molecular flexibility index (Phi) is 2.15. The first kappa shape index (κ1) is 9.98. The fourth-order valence-electron chi connectivity index (χ4n) is 1.65. The van der Waals surface area contributed by atoms with Gasteiger partial charge in [0, 0.05) is 17.6 Å². The summed E-state index contributed by atoms with van der Waals surface area (Å²) in [5, 5.41) is 12.7. The van der Waals surface area contributed by atoms with E-state index in [0.717, 1.165) is 4.96 Å². The molecule has 0 spiro atoms. The average molecular weight is 244 g/mol. The lowest BCUT2D eigenvalue weighted by molar-refractivity contribution is -0.384. The van der Waals surface area contributed by atoms with Crippen molar-refractivity contribution in [1.29, 1.82) is 0 Å². The molecule has 83 valence electrons. The third-order valence-corrected chi connectivity index (χ3v) is 3.13. The molecule has 0 aliphatic carbocycles. The summed E-state index contributed by atoms with van der Waals surface area (Å²) >= 11 is 1.44. The molecule has 0 saturated carbocycles. The predicted octanol–water partition coefficient (Wildman–Crippen LogP) is 2.77. The molecule has 6 heteroatoms. The Hall–Kier alpha value is -2.21. The van der Waals surface area contributed by atoms with Gasteiger partial charge in [-0.25, -0.2) is 4.98 Å². The minimum atomic E-state index is -0.396. The van der Waals surface area contributed by atoms with Gasteiger partial charge >= 0.3 is 0 Å². The van der Waals surface area contributed by atoms with Crippen LogP contribution < -0.4 is 0 Å². The van der Waals surface area contributed by atoms with Crippen LogP contribution in [-0.4, -0.2) is 14.3 Å². The summed E-state index contributed by atoms with van der Waals surface area (Å²) in [6, 6.07) is 6.59. The van der Waals surface area contributed by atoms with E-state index in [4.69, 9.17) is 0 Å². The predicted molar refractivity (Wildman–Crippen MR) is 64.0 cm³/mol. The van der Waals surface area contributed by atoms with Crippen molar-refractivity contribution in [3.63, 3.8) is 0 Å².